The van der Waals surface area contributed by atoms with E-state index in [2.05, 4.69) is 4.99 Å². The van der Waals surface area contributed by atoms with Crippen molar-refractivity contribution in [3.05, 3.63) is 149 Å². The van der Waals surface area contributed by atoms with Gasteiger partial charge >= 0.3 is 0 Å². The second kappa shape index (κ2) is 11.9. The molecule has 6 nitrogen and oxygen atoms in total. The lowest BCUT2D eigenvalue weighted by atomic mass is 10.0. The minimum Gasteiger partial charge on any atom is -0.497 e. The summed E-state index contributed by atoms with van der Waals surface area (Å²) >= 11 is 0. The Bertz CT molecular complexity index is 1910. The smallest absolute Gasteiger partial charge is 0.279 e. The number of nitrogens with zero attached hydrogens (tertiary/aromatic N) is 3. The maximum Gasteiger partial charge on any atom is 0.279 e. The quantitative estimate of drug-likeness (QED) is 0.185. The molecule has 0 unspecified atom stereocenters. The van der Waals surface area contributed by atoms with Crippen molar-refractivity contribution < 1.29 is 9.47 Å². The number of aromatic nitrogens is 2. The molecule has 0 aliphatic rings. The second-order valence-electron chi connectivity index (χ2n) is 9.86. The molecule has 1 heterocycles. The molecular formula is C36H29N3O3. The molecule has 0 radical (unpaired) electrons. The van der Waals surface area contributed by atoms with E-state index < -0.39 is 0 Å². The number of hydrogen-bond donors (Lipinski definition) is 0. The molecule has 206 valence electrons. The molecule has 1 aromatic heterocycles. The molecule has 0 saturated carbocycles. The van der Waals surface area contributed by atoms with Gasteiger partial charge in [0.05, 0.1) is 36.7 Å². The summed E-state index contributed by atoms with van der Waals surface area (Å²) in [5.74, 6) is 1.62. The highest BCUT2D eigenvalue weighted by Crippen LogP contribution is 2.25. The highest BCUT2D eigenvalue weighted by molar-refractivity contribution is 5.84. The van der Waals surface area contributed by atoms with Crippen molar-refractivity contribution in [3.63, 3.8) is 0 Å². The van der Waals surface area contributed by atoms with Gasteiger partial charge in [0.2, 0.25) is 0 Å². The summed E-state index contributed by atoms with van der Waals surface area (Å²) in [5, 5.41) is 6.33. The molecule has 6 aromatic rings. The van der Waals surface area contributed by atoms with Crippen LogP contribution in [-0.4, -0.2) is 30.2 Å². The van der Waals surface area contributed by atoms with Crippen molar-refractivity contribution in [1.82, 2.24) is 9.78 Å². The molecule has 0 spiro atoms. The first kappa shape index (κ1) is 26.7. The van der Waals surface area contributed by atoms with Crippen molar-refractivity contribution >= 4 is 22.7 Å². The second-order valence-corrected chi connectivity index (χ2v) is 9.86. The third kappa shape index (κ3) is 5.69. The van der Waals surface area contributed by atoms with E-state index in [0.717, 1.165) is 50.5 Å². The average Bonchev–Trinajstić information content (AvgIpc) is 3.06. The minimum atomic E-state index is -0.143. The summed E-state index contributed by atoms with van der Waals surface area (Å²) < 4.78 is 12.0. The molecule has 6 heteroatoms. The predicted molar refractivity (Wildman–Crippen MR) is 169 cm³/mol. The predicted octanol–water partition coefficient (Wildman–Crippen LogP) is 7.41. The van der Waals surface area contributed by atoms with Gasteiger partial charge in [-0.15, -0.1) is 0 Å². The van der Waals surface area contributed by atoms with Crippen molar-refractivity contribution in [2.75, 3.05) is 14.2 Å². The molecule has 0 aliphatic carbocycles. The molecular weight excluding hydrogens is 522 g/mol. The maximum absolute atomic E-state index is 13.5. The summed E-state index contributed by atoms with van der Waals surface area (Å²) in [4.78, 5) is 18.1. The van der Waals surface area contributed by atoms with Gasteiger partial charge in [0.15, 0.2) is 0 Å². The van der Waals surface area contributed by atoms with Gasteiger partial charge < -0.3 is 9.47 Å². The van der Waals surface area contributed by atoms with Crippen LogP contribution in [0.15, 0.2) is 131 Å². The fourth-order valence-corrected chi connectivity index (χ4v) is 4.87. The van der Waals surface area contributed by atoms with E-state index in [4.69, 9.17) is 14.6 Å². The molecule has 42 heavy (non-hydrogen) atoms. The lowest BCUT2D eigenvalue weighted by Crippen LogP contribution is -2.23. The standard InChI is InChI=1S/C36H29N3O3/c1-41-31-19-7-25(8-20-31)23-35-33-5-3-4-6-34(33)36(40)39(38-35)30-17-13-28(14-18-30)27-11-15-29(16-12-27)37-24-26-9-21-32(42-2)22-10-26/h3-22,24H,23H2,1-2H3. The fraction of sp³-hybridized carbons (Fsp3) is 0.0833. The number of hydrogen-bond acceptors (Lipinski definition) is 5. The zero-order chi connectivity index (χ0) is 28.9. The van der Waals surface area contributed by atoms with Crippen molar-refractivity contribution in [1.29, 1.82) is 0 Å². The summed E-state index contributed by atoms with van der Waals surface area (Å²) in [6.45, 7) is 0. The molecule has 0 amide bonds. The van der Waals surface area contributed by atoms with E-state index in [1.165, 1.54) is 4.68 Å². The molecule has 0 saturated heterocycles. The number of aliphatic imine (C=N–C) groups is 1. The molecule has 6 rings (SSSR count). The van der Waals surface area contributed by atoms with Gasteiger partial charge in [0.1, 0.15) is 11.5 Å². The summed E-state index contributed by atoms with van der Waals surface area (Å²) in [6, 6.07) is 39.3. The van der Waals surface area contributed by atoms with Crippen LogP contribution >= 0.6 is 0 Å². The highest BCUT2D eigenvalue weighted by Gasteiger charge is 2.13. The van der Waals surface area contributed by atoms with Crippen LogP contribution in [0.4, 0.5) is 5.69 Å². The Kier molecular flexibility index (Phi) is 7.60. The fourth-order valence-electron chi connectivity index (χ4n) is 4.87. The van der Waals surface area contributed by atoms with Crippen LogP contribution in [-0.2, 0) is 6.42 Å². The molecule has 0 bridgehead atoms. The Labute approximate surface area is 244 Å². The van der Waals surface area contributed by atoms with Gasteiger partial charge in [-0.25, -0.2) is 0 Å². The van der Waals surface area contributed by atoms with Gasteiger partial charge in [0, 0.05) is 18.0 Å². The van der Waals surface area contributed by atoms with E-state index in [1.807, 2.05) is 128 Å². The van der Waals surface area contributed by atoms with E-state index in [9.17, 15) is 4.79 Å². The van der Waals surface area contributed by atoms with Crippen LogP contribution in [0.2, 0.25) is 0 Å². The molecule has 5 aromatic carbocycles. The SMILES string of the molecule is COc1ccc(C=Nc2ccc(-c3ccc(-n4nc(Cc5ccc(OC)cc5)c5ccccc5c4=O)cc3)cc2)cc1. The number of benzene rings is 5. The van der Waals surface area contributed by atoms with E-state index in [1.54, 1.807) is 14.2 Å². The van der Waals surface area contributed by atoms with Crippen LogP contribution < -0.4 is 15.0 Å². The highest BCUT2D eigenvalue weighted by atomic mass is 16.5. The maximum atomic E-state index is 13.5. The Balaban J connectivity index is 1.25. The first-order valence-corrected chi connectivity index (χ1v) is 13.6. The number of methoxy groups -OCH3 is 2. The van der Waals surface area contributed by atoms with Crippen molar-refractivity contribution in [2.45, 2.75) is 6.42 Å². The average molecular weight is 552 g/mol. The third-order valence-corrected chi connectivity index (χ3v) is 7.20. The Morgan fingerprint density at radius 3 is 1.88 bits per heavy atom. The minimum absolute atomic E-state index is 0.143. The summed E-state index contributed by atoms with van der Waals surface area (Å²) in [5.41, 5.74) is 6.46. The van der Waals surface area contributed by atoms with Crippen LogP contribution in [0.3, 0.4) is 0 Å². The topological polar surface area (TPSA) is 65.7 Å². The number of fused-ring (bicyclic) bond motifs is 1. The first-order valence-electron chi connectivity index (χ1n) is 13.6. The normalized spacial score (nSPS) is 11.2. The van der Waals surface area contributed by atoms with Crippen LogP contribution in [0, 0.1) is 0 Å². The monoisotopic (exact) mass is 551 g/mol. The van der Waals surface area contributed by atoms with Gasteiger partial charge in [-0.3, -0.25) is 9.79 Å². The lowest BCUT2D eigenvalue weighted by molar-refractivity contribution is 0.414. The molecule has 0 N–H and O–H groups in total. The van der Waals surface area contributed by atoms with Crippen molar-refractivity contribution in [3.8, 4) is 28.3 Å². The number of ether oxygens (including phenoxy) is 2. The van der Waals surface area contributed by atoms with E-state index in [0.29, 0.717) is 17.5 Å². The third-order valence-electron chi connectivity index (χ3n) is 7.20. The zero-order valence-electron chi connectivity index (χ0n) is 23.4. The lowest BCUT2D eigenvalue weighted by Gasteiger charge is -2.12. The van der Waals surface area contributed by atoms with E-state index >= 15 is 0 Å². The Morgan fingerprint density at radius 1 is 0.690 bits per heavy atom. The van der Waals surface area contributed by atoms with Gasteiger partial charge in [-0.05, 0) is 89.0 Å². The van der Waals surface area contributed by atoms with Crippen LogP contribution in [0.25, 0.3) is 27.6 Å². The molecule has 0 atom stereocenters. The largest absolute Gasteiger partial charge is 0.497 e. The van der Waals surface area contributed by atoms with E-state index in [-0.39, 0.29) is 5.56 Å². The van der Waals surface area contributed by atoms with Crippen LogP contribution in [0.1, 0.15) is 16.8 Å². The van der Waals surface area contributed by atoms with Gasteiger partial charge in [0.25, 0.3) is 5.56 Å². The van der Waals surface area contributed by atoms with Crippen LogP contribution in [0.5, 0.6) is 11.5 Å². The molecule has 0 aliphatic heterocycles. The summed E-state index contributed by atoms with van der Waals surface area (Å²) in [6.07, 6.45) is 2.43. The Morgan fingerprint density at radius 2 is 1.26 bits per heavy atom. The molecule has 0 fully saturated rings. The Hall–Kier alpha value is -5.49. The van der Waals surface area contributed by atoms with Crippen molar-refractivity contribution in [2.24, 2.45) is 4.99 Å². The number of rotatable bonds is 8. The first-order chi connectivity index (χ1) is 20.6. The van der Waals surface area contributed by atoms with Gasteiger partial charge in [-0.2, -0.15) is 9.78 Å². The zero-order valence-corrected chi connectivity index (χ0v) is 23.4. The summed E-state index contributed by atoms with van der Waals surface area (Å²) in [7, 11) is 3.31. The van der Waals surface area contributed by atoms with Gasteiger partial charge in [-0.1, -0.05) is 54.6 Å².